The lowest BCUT2D eigenvalue weighted by Crippen LogP contribution is -2.47. The molecule has 25 heavy (non-hydrogen) atoms. The first-order valence-corrected chi connectivity index (χ1v) is 8.65. The van der Waals surface area contributed by atoms with Crippen molar-refractivity contribution >= 4 is 17.5 Å². The van der Waals surface area contributed by atoms with Gasteiger partial charge in [0.15, 0.2) is 0 Å². The van der Waals surface area contributed by atoms with Gasteiger partial charge in [0, 0.05) is 38.2 Å². The minimum Gasteiger partial charge on any atom is -0.495 e. The average Bonchev–Trinajstić information content (AvgIpc) is 2.62. The maximum Gasteiger partial charge on any atom is 0.254 e. The van der Waals surface area contributed by atoms with E-state index in [1.54, 1.807) is 25.3 Å². The molecule has 0 unspecified atom stereocenters. The standard InChI is InChI=1S/C18H28N4O3/c1-19-8-4-5-17(23)20-15-13-14(6-7-16(15)25-3)18(24)22-11-9-21(2)10-12-22/h6-7,13,19H,4-5,8-12H2,1-3H3,(H,20,23). The fraction of sp³-hybridized carbons (Fsp3) is 0.556. The molecule has 138 valence electrons. The highest BCUT2D eigenvalue weighted by Crippen LogP contribution is 2.26. The lowest BCUT2D eigenvalue weighted by atomic mass is 10.1. The first-order chi connectivity index (χ1) is 12.0. The average molecular weight is 348 g/mol. The Morgan fingerprint density at radius 3 is 2.56 bits per heavy atom. The molecule has 2 amide bonds. The van der Waals surface area contributed by atoms with E-state index in [9.17, 15) is 9.59 Å². The Morgan fingerprint density at radius 1 is 1.20 bits per heavy atom. The molecule has 1 fully saturated rings. The molecule has 1 saturated heterocycles. The zero-order valence-corrected chi connectivity index (χ0v) is 15.3. The summed E-state index contributed by atoms with van der Waals surface area (Å²) in [6, 6.07) is 5.18. The van der Waals surface area contributed by atoms with Gasteiger partial charge < -0.3 is 25.2 Å². The van der Waals surface area contributed by atoms with Crippen molar-refractivity contribution in [3.8, 4) is 5.75 Å². The number of hydrogen-bond donors (Lipinski definition) is 2. The second-order valence-corrected chi connectivity index (χ2v) is 6.27. The van der Waals surface area contributed by atoms with Crippen molar-refractivity contribution in [3.63, 3.8) is 0 Å². The van der Waals surface area contributed by atoms with E-state index in [2.05, 4.69) is 22.6 Å². The number of likely N-dealkylation sites (N-methyl/N-ethyl adjacent to an activating group) is 1. The molecule has 0 saturated carbocycles. The Kier molecular flexibility index (Phi) is 7.21. The number of benzene rings is 1. The van der Waals surface area contributed by atoms with Crippen molar-refractivity contribution < 1.29 is 14.3 Å². The summed E-state index contributed by atoms with van der Waals surface area (Å²) in [5.74, 6) is 0.455. The molecule has 0 aliphatic carbocycles. The van der Waals surface area contributed by atoms with Crippen LogP contribution in [-0.2, 0) is 4.79 Å². The van der Waals surface area contributed by atoms with Crippen molar-refractivity contribution in [2.24, 2.45) is 0 Å². The van der Waals surface area contributed by atoms with Gasteiger partial charge in [-0.1, -0.05) is 0 Å². The van der Waals surface area contributed by atoms with Crippen LogP contribution in [0.2, 0.25) is 0 Å². The number of rotatable bonds is 7. The van der Waals surface area contributed by atoms with Crippen molar-refractivity contribution in [2.45, 2.75) is 12.8 Å². The Hall–Kier alpha value is -2.12. The number of hydrogen-bond acceptors (Lipinski definition) is 5. The number of anilines is 1. The van der Waals surface area contributed by atoms with Crippen molar-refractivity contribution in [3.05, 3.63) is 23.8 Å². The van der Waals surface area contributed by atoms with Crippen molar-refractivity contribution in [2.75, 3.05) is 59.2 Å². The molecule has 0 atom stereocenters. The lowest BCUT2D eigenvalue weighted by molar-refractivity contribution is -0.116. The third kappa shape index (κ3) is 5.44. The fourth-order valence-electron chi connectivity index (χ4n) is 2.77. The van der Waals surface area contributed by atoms with E-state index in [4.69, 9.17) is 4.74 Å². The van der Waals surface area contributed by atoms with Crippen LogP contribution in [0.3, 0.4) is 0 Å². The molecule has 7 nitrogen and oxygen atoms in total. The second kappa shape index (κ2) is 9.39. The van der Waals surface area contributed by atoms with E-state index < -0.39 is 0 Å². The molecule has 1 heterocycles. The van der Waals surface area contributed by atoms with Gasteiger partial charge in [-0.2, -0.15) is 0 Å². The monoisotopic (exact) mass is 348 g/mol. The molecule has 2 N–H and O–H groups in total. The molecule has 1 aromatic rings. The number of carbonyl (C=O) groups is 2. The smallest absolute Gasteiger partial charge is 0.254 e. The van der Waals surface area contributed by atoms with Crippen LogP contribution in [0, 0.1) is 0 Å². The van der Waals surface area contributed by atoms with Gasteiger partial charge in [-0.25, -0.2) is 0 Å². The number of nitrogens with zero attached hydrogens (tertiary/aromatic N) is 2. The second-order valence-electron chi connectivity index (χ2n) is 6.27. The largest absolute Gasteiger partial charge is 0.495 e. The molecule has 0 radical (unpaired) electrons. The summed E-state index contributed by atoms with van der Waals surface area (Å²) in [6.45, 7) is 3.96. The normalized spacial score (nSPS) is 15.1. The van der Waals surface area contributed by atoms with E-state index in [1.807, 2.05) is 11.9 Å². The first-order valence-electron chi connectivity index (χ1n) is 8.65. The van der Waals surface area contributed by atoms with Gasteiger partial charge in [0.05, 0.1) is 12.8 Å². The van der Waals surface area contributed by atoms with Crippen LogP contribution in [0.1, 0.15) is 23.2 Å². The quantitative estimate of drug-likeness (QED) is 0.720. The van der Waals surface area contributed by atoms with Crippen molar-refractivity contribution in [1.82, 2.24) is 15.1 Å². The van der Waals surface area contributed by atoms with Gasteiger partial charge in [0.25, 0.3) is 5.91 Å². The third-order valence-corrected chi connectivity index (χ3v) is 4.34. The fourth-order valence-corrected chi connectivity index (χ4v) is 2.77. The Bertz CT molecular complexity index is 598. The molecule has 0 aromatic heterocycles. The number of ether oxygens (including phenoxy) is 1. The maximum absolute atomic E-state index is 12.7. The van der Waals surface area contributed by atoms with Gasteiger partial charge in [-0.15, -0.1) is 0 Å². The Balaban J connectivity index is 2.07. The number of methoxy groups -OCH3 is 1. The topological polar surface area (TPSA) is 73.9 Å². The van der Waals surface area contributed by atoms with E-state index in [-0.39, 0.29) is 11.8 Å². The Labute approximate surface area is 149 Å². The van der Waals surface area contributed by atoms with Gasteiger partial charge >= 0.3 is 0 Å². The van der Waals surface area contributed by atoms with Crippen LogP contribution < -0.4 is 15.4 Å². The molecule has 7 heteroatoms. The van der Waals surface area contributed by atoms with E-state index in [0.29, 0.717) is 36.5 Å². The molecule has 2 rings (SSSR count). The summed E-state index contributed by atoms with van der Waals surface area (Å²) in [4.78, 5) is 28.8. The number of amides is 2. The molecule has 1 aliphatic heterocycles. The summed E-state index contributed by atoms with van der Waals surface area (Å²) in [6.07, 6.45) is 1.17. The maximum atomic E-state index is 12.7. The van der Waals surface area contributed by atoms with Crippen LogP contribution in [0.5, 0.6) is 5.75 Å². The number of carbonyl (C=O) groups excluding carboxylic acids is 2. The van der Waals surface area contributed by atoms with Crippen LogP contribution in [0.15, 0.2) is 18.2 Å². The summed E-state index contributed by atoms with van der Waals surface area (Å²) in [5.41, 5.74) is 1.10. The molecular weight excluding hydrogens is 320 g/mol. The zero-order valence-electron chi connectivity index (χ0n) is 15.3. The molecule has 0 bridgehead atoms. The van der Waals surface area contributed by atoms with Crippen molar-refractivity contribution in [1.29, 1.82) is 0 Å². The Morgan fingerprint density at radius 2 is 1.92 bits per heavy atom. The van der Waals surface area contributed by atoms with Crippen LogP contribution in [0.25, 0.3) is 0 Å². The van der Waals surface area contributed by atoms with E-state index >= 15 is 0 Å². The summed E-state index contributed by atoms with van der Waals surface area (Å²) >= 11 is 0. The molecular formula is C18H28N4O3. The number of piperazine rings is 1. The SMILES string of the molecule is CNCCCC(=O)Nc1cc(C(=O)N2CCN(C)CC2)ccc1OC. The minimum atomic E-state index is -0.0854. The van der Waals surface area contributed by atoms with E-state index in [0.717, 1.165) is 26.1 Å². The summed E-state index contributed by atoms with van der Waals surface area (Å²) in [7, 11) is 5.46. The zero-order chi connectivity index (χ0) is 18.2. The van der Waals surface area contributed by atoms with Crippen LogP contribution in [-0.4, -0.2) is 75.5 Å². The molecule has 1 aromatic carbocycles. The van der Waals surface area contributed by atoms with Crippen LogP contribution in [0.4, 0.5) is 5.69 Å². The number of nitrogens with one attached hydrogen (secondary N) is 2. The highest BCUT2D eigenvalue weighted by molar-refractivity contribution is 5.98. The van der Waals surface area contributed by atoms with Gasteiger partial charge in [0.1, 0.15) is 5.75 Å². The third-order valence-electron chi connectivity index (χ3n) is 4.34. The minimum absolute atomic E-state index is 0.0126. The van der Waals surface area contributed by atoms with Gasteiger partial charge in [-0.05, 0) is 45.3 Å². The summed E-state index contributed by atoms with van der Waals surface area (Å²) in [5, 5.41) is 5.87. The molecule has 0 spiro atoms. The predicted molar refractivity (Wildman–Crippen MR) is 98.2 cm³/mol. The molecule has 1 aliphatic rings. The highest BCUT2D eigenvalue weighted by Gasteiger charge is 2.21. The highest BCUT2D eigenvalue weighted by atomic mass is 16.5. The lowest BCUT2D eigenvalue weighted by Gasteiger charge is -2.32. The van der Waals surface area contributed by atoms with Crippen LogP contribution >= 0.6 is 0 Å². The van der Waals surface area contributed by atoms with Gasteiger partial charge in [-0.3, -0.25) is 9.59 Å². The van der Waals surface area contributed by atoms with E-state index in [1.165, 1.54) is 0 Å². The first kappa shape index (κ1) is 19.2. The van der Waals surface area contributed by atoms with Gasteiger partial charge in [0.2, 0.25) is 5.91 Å². The summed E-state index contributed by atoms with van der Waals surface area (Å²) < 4.78 is 5.31. The predicted octanol–water partition coefficient (Wildman–Crippen LogP) is 1.02.